The number of nitrogens with zero attached hydrogens (tertiary/aromatic N) is 2. The fourth-order valence-electron chi connectivity index (χ4n) is 4.02. The molecule has 2 fully saturated rings. The summed E-state index contributed by atoms with van der Waals surface area (Å²) in [5.41, 5.74) is 2.95. The number of rotatable bonds is 5. The molecule has 1 N–H and O–H groups in total. The van der Waals surface area contributed by atoms with Crippen LogP contribution >= 0.6 is 0 Å². The van der Waals surface area contributed by atoms with Gasteiger partial charge in [0.2, 0.25) is 0 Å². The molecular weight excluding hydrogens is 294 g/mol. The van der Waals surface area contributed by atoms with E-state index in [4.69, 9.17) is 0 Å². The molecule has 1 aromatic rings. The molecule has 0 aliphatic carbocycles. The lowest BCUT2D eigenvalue weighted by Crippen LogP contribution is -2.48. The van der Waals surface area contributed by atoms with Crippen LogP contribution in [0, 0.1) is 5.92 Å². The largest absolute Gasteiger partial charge is 0.314 e. The maximum atomic E-state index is 3.50. The third kappa shape index (κ3) is 4.59. The molecule has 0 aromatic heterocycles. The molecule has 2 aliphatic heterocycles. The normalized spacial score (nSPS) is 22.8. The quantitative estimate of drug-likeness (QED) is 0.892. The summed E-state index contributed by atoms with van der Waals surface area (Å²) >= 11 is 0. The summed E-state index contributed by atoms with van der Waals surface area (Å²) in [7, 11) is 0. The number of hydrogen-bond acceptors (Lipinski definition) is 3. The zero-order valence-corrected chi connectivity index (χ0v) is 15.8. The van der Waals surface area contributed by atoms with Gasteiger partial charge in [-0.1, -0.05) is 45.0 Å². The standard InChI is InChI=1S/C21H35N3/c1-17(2)19-4-6-20(7-5-19)21(24-14-10-22-11-15-24)16-23-12-8-18(3)9-13-23/h4-7,17-18,21-22H,8-16H2,1-3H3. The van der Waals surface area contributed by atoms with Crippen LogP contribution in [-0.4, -0.2) is 55.6 Å². The van der Waals surface area contributed by atoms with Crippen molar-refractivity contribution in [3.8, 4) is 0 Å². The van der Waals surface area contributed by atoms with E-state index in [-0.39, 0.29) is 0 Å². The molecule has 0 radical (unpaired) electrons. The Bertz CT molecular complexity index is 482. The molecule has 24 heavy (non-hydrogen) atoms. The van der Waals surface area contributed by atoms with Crippen molar-refractivity contribution in [2.75, 3.05) is 45.8 Å². The molecule has 3 heteroatoms. The average molecular weight is 330 g/mol. The first kappa shape index (κ1) is 17.9. The molecule has 0 saturated carbocycles. The van der Waals surface area contributed by atoms with E-state index in [1.54, 1.807) is 0 Å². The zero-order chi connectivity index (χ0) is 16.9. The summed E-state index contributed by atoms with van der Waals surface area (Å²) < 4.78 is 0. The summed E-state index contributed by atoms with van der Waals surface area (Å²) in [5.74, 6) is 1.52. The number of hydrogen-bond donors (Lipinski definition) is 1. The Labute approximate surface area is 148 Å². The minimum Gasteiger partial charge on any atom is -0.314 e. The maximum absolute atomic E-state index is 3.50. The highest BCUT2D eigenvalue weighted by molar-refractivity contribution is 5.27. The number of benzene rings is 1. The summed E-state index contributed by atoms with van der Waals surface area (Å²) in [4.78, 5) is 5.39. The van der Waals surface area contributed by atoms with Crippen LogP contribution in [0.25, 0.3) is 0 Å². The van der Waals surface area contributed by atoms with Crippen LogP contribution in [0.3, 0.4) is 0 Å². The van der Waals surface area contributed by atoms with Gasteiger partial charge in [0.05, 0.1) is 0 Å². The van der Waals surface area contributed by atoms with E-state index in [0.29, 0.717) is 12.0 Å². The van der Waals surface area contributed by atoms with Crippen molar-refractivity contribution >= 4 is 0 Å². The van der Waals surface area contributed by atoms with Crippen LogP contribution in [-0.2, 0) is 0 Å². The second kappa shape index (κ2) is 8.46. The predicted octanol–water partition coefficient (Wildman–Crippen LogP) is 3.49. The number of piperazine rings is 1. The summed E-state index contributed by atoms with van der Waals surface area (Å²) in [6.07, 6.45) is 2.72. The highest BCUT2D eigenvalue weighted by Crippen LogP contribution is 2.26. The molecular formula is C21H35N3. The van der Waals surface area contributed by atoms with E-state index < -0.39 is 0 Å². The number of piperidine rings is 1. The molecule has 2 aliphatic rings. The molecule has 134 valence electrons. The van der Waals surface area contributed by atoms with E-state index in [9.17, 15) is 0 Å². The van der Waals surface area contributed by atoms with Crippen LogP contribution in [0.15, 0.2) is 24.3 Å². The molecule has 0 spiro atoms. The van der Waals surface area contributed by atoms with Gasteiger partial charge in [-0.2, -0.15) is 0 Å². The molecule has 3 nitrogen and oxygen atoms in total. The van der Waals surface area contributed by atoms with Gasteiger partial charge in [-0.25, -0.2) is 0 Å². The van der Waals surface area contributed by atoms with E-state index in [0.717, 1.165) is 19.0 Å². The van der Waals surface area contributed by atoms with Gasteiger partial charge in [0.15, 0.2) is 0 Å². The summed E-state index contributed by atoms with van der Waals surface area (Å²) in [6.45, 7) is 15.3. The first-order valence-electron chi connectivity index (χ1n) is 9.90. The summed E-state index contributed by atoms with van der Waals surface area (Å²) in [6, 6.07) is 9.99. The third-order valence-corrected chi connectivity index (χ3v) is 5.89. The monoisotopic (exact) mass is 329 g/mol. The van der Waals surface area contributed by atoms with Gasteiger partial charge in [0.25, 0.3) is 0 Å². The van der Waals surface area contributed by atoms with Crippen molar-refractivity contribution in [1.29, 1.82) is 0 Å². The topological polar surface area (TPSA) is 18.5 Å². The van der Waals surface area contributed by atoms with Gasteiger partial charge in [0.1, 0.15) is 0 Å². The molecule has 1 unspecified atom stereocenters. The van der Waals surface area contributed by atoms with Gasteiger partial charge in [0, 0.05) is 38.8 Å². The molecule has 2 saturated heterocycles. The van der Waals surface area contributed by atoms with Gasteiger partial charge in [-0.3, -0.25) is 4.90 Å². The Balaban J connectivity index is 1.73. The number of likely N-dealkylation sites (tertiary alicyclic amines) is 1. The van der Waals surface area contributed by atoms with Gasteiger partial charge >= 0.3 is 0 Å². The maximum Gasteiger partial charge on any atom is 0.0476 e. The Hall–Kier alpha value is -0.900. The molecule has 0 amide bonds. The Morgan fingerprint density at radius 3 is 2.12 bits per heavy atom. The predicted molar refractivity (Wildman–Crippen MR) is 103 cm³/mol. The van der Waals surface area contributed by atoms with Gasteiger partial charge < -0.3 is 10.2 Å². The first-order chi connectivity index (χ1) is 11.6. The van der Waals surface area contributed by atoms with Crippen molar-refractivity contribution in [2.24, 2.45) is 5.92 Å². The Morgan fingerprint density at radius 1 is 0.958 bits per heavy atom. The van der Waals surface area contributed by atoms with Crippen molar-refractivity contribution in [3.63, 3.8) is 0 Å². The van der Waals surface area contributed by atoms with Crippen molar-refractivity contribution in [2.45, 2.75) is 45.6 Å². The Morgan fingerprint density at radius 2 is 1.54 bits per heavy atom. The lowest BCUT2D eigenvalue weighted by molar-refractivity contribution is 0.104. The fraction of sp³-hybridized carbons (Fsp3) is 0.714. The van der Waals surface area contributed by atoms with E-state index >= 15 is 0 Å². The minimum absolute atomic E-state index is 0.543. The lowest BCUT2D eigenvalue weighted by Gasteiger charge is -2.40. The molecule has 2 heterocycles. The first-order valence-corrected chi connectivity index (χ1v) is 9.90. The van der Waals surface area contributed by atoms with Crippen LogP contribution in [0.5, 0.6) is 0 Å². The minimum atomic E-state index is 0.543. The number of nitrogens with one attached hydrogen (secondary N) is 1. The van der Waals surface area contributed by atoms with Crippen molar-refractivity contribution in [3.05, 3.63) is 35.4 Å². The summed E-state index contributed by atoms with van der Waals surface area (Å²) in [5, 5.41) is 3.50. The average Bonchev–Trinajstić information content (AvgIpc) is 2.62. The molecule has 0 bridgehead atoms. The van der Waals surface area contributed by atoms with Crippen LogP contribution < -0.4 is 5.32 Å². The van der Waals surface area contributed by atoms with E-state index in [1.165, 1.54) is 56.7 Å². The van der Waals surface area contributed by atoms with Crippen molar-refractivity contribution in [1.82, 2.24) is 15.1 Å². The lowest BCUT2D eigenvalue weighted by atomic mass is 9.95. The van der Waals surface area contributed by atoms with E-state index in [2.05, 4.69) is 60.2 Å². The van der Waals surface area contributed by atoms with Crippen molar-refractivity contribution < 1.29 is 0 Å². The highest BCUT2D eigenvalue weighted by atomic mass is 15.3. The van der Waals surface area contributed by atoms with Crippen LogP contribution in [0.4, 0.5) is 0 Å². The zero-order valence-electron chi connectivity index (χ0n) is 15.8. The van der Waals surface area contributed by atoms with Gasteiger partial charge in [-0.05, 0) is 48.9 Å². The highest BCUT2D eigenvalue weighted by Gasteiger charge is 2.26. The van der Waals surface area contributed by atoms with Crippen LogP contribution in [0.1, 0.15) is 56.7 Å². The molecule has 1 aromatic carbocycles. The molecule has 1 atom stereocenters. The third-order valence-electron chi connectivity index (χ3n) is 5.89. The SMILES string of the molecule is CC1CCN(CC(c2ccc(C(C)C)cc2)N2CCNCC2)CC1. The molecule has 3 rings (SSSR count). The smallest absolute Gasteiger partial charge is 0.0476 e. The van der Waals surface area contributed by atoms with E-state index in [1.807, 2.05) is 0 Å². The second-order valence-electron chi connectivity index (χ2n) is 8.11. The second-order valence-corrected chi connectivity index (χ2v) is 8.11. The fourth-order valence-corrected chi connectivity index (χ4v) is 4.02. The van der Waals surface area contributed by atoms with Crippen LogP contribution in [0.2, 0.25) is 0 Å². The Kier molecular flexibility index (Phi) is 6.31. The van der Waals surface area contributed by atoms with Gasteiger partial charge in [-0.15, -0.1) is 0 Å².